The summed E-state index contributed by atoms with van der Waals surface area (Å²) >= 11 is 0. The summed E-state index contributed by atoms with van der Waals surface area (Å²) in [4.78, 5) is 39.0. The molecule has 15 nitrogen and oxygen atoms in total. The predicted molar refractivity (Wildman–Crippen MR) is 268 cm³/mol. The first-order valence-electron chi connectivity index (χ1n) is 22.1. The zero-order valence-corrected chi connectivity index (χ0v) is 42.3. The highest BCUT2D eigenvalue weighted by Gasteiger charge is 2.30. The zero-order valence-electron chi connectivity index (χ0n) is 41.4. The lowest BCUT2D eigenvalue weighted by atomic mass is 9.87. The third kappa shape index (κ3) is 12.5. The first kappa shape index (κ1) is 54.6. The first-order valence-corrected chi connectivity index (χ1v) is 23.6. The van der Waals surface area contributed by atoms with E-state index in [4.69, 9.17) is 39.0 Å². The second kappa shape index (κ2) is 23.3. The summed E-state index contributed by atoms with van der Waals surface area (Å²) in [5, 5.41) is 18.1. The molecule has 1 unspecified atom stereocenters. The molecule has 3 aliphatic rings. The summed E-state index contributed by atoms with van der Waals surface area (Å²) in [5.74, 6) is 1.35. The number of rotatable bonds is 7. The Hall–Kier alpha value is -7.05. The van der Waals surface area contributed by atoms with E-state index >= 15 is 0 Å². The average Bonchev–Trinajstić information content (AvgIpc) is 3.33. The maximum absolute atomic E-state index is 12.3. The number of nitrogens with zero attached hydrogens (tertiary/aromatic N) is 3. The fraction of sp³-hybridized carbons (Fsp3) is 0.340. The summed E-state index contributed by atoms with van der Waals surface area (Å²) in [6.45, 7) is 25.4. The maximum Gasteiger partial charge on any atom is 0.525 e. The number of benzene rings is 5. The maximum atomic E-state index is 12.3. The van der Waals surface area contributed by atoms with Crippen LogP contribution >= 0.6 is 7.75 Å². The Morgan fingerprint density at radius 2 is 1.06 bits per heavy atom. The van der Waals surface area contributed by atoms with Gasteiger partial charge in [0.05, 0.1) is 11.5 Å². The van der Waals surface area contributed by atoms with Crippen LogP contribution in [0.1, 0.15) is 83.5 Å². The molecule has 0 amide bonds. The van der Waals surface area contributed by atoms with E-state index in [1.54, 1.807) is 66.7 Å². The van der Waals surface area contributed by atoms with E-state index in [1.165, 1.54) is 50.1 Å². The fourth-order valence-electron chi connectivity index (χ4n) is 8.10. The molecular formula is C53H63N3O12P+. The van der Waals surface area contributed by atoms with Gasteiger partial charge >= 0.3 is 19.7 Å². The van der Waals surface area contributed by atoms with E-state index < -0.39 is 25.6 Å². The van der Waals surface area contributed by atoms with Crippen LogP contribution < -0.4 is 23.3 Å². The van der Waals surface area contributed by atoms with E-state index in [2.05, 4.69) is 65.2 Å². The number of ether oxygens (including phenoxy) is 3. The predicted octanol–water partition coefficient (Wildman–Crippen LogP) is 11.4. The Kier molecular flexibility index (Phi) is 18.4. The molecule has 0 fully saturated rings. The van der Waals surface area contributed by atoms with Crippen LogP contribution in [0.4, 0.5) is 0 Å². The van der Waals surface area contributed by atoms with Gasteiger partial charge in [-0.3, -0.25) is 9.59 Å². The van der Waals surface area contributed by atoms with Crippen molar-refractivity contribution >= 4 is 31.5 Å². The summed E-state index contributed by atoms with van der Waals surface area (Å²) in [5.41, 5.74) is 26.2. The van der Waals surface area contributed by atoms with Gasteiger partial charge in [0.2, 0.25) is 0 Å². The van der Waals surface area contributed by atoms with E-state index in [1.807, 2.05) is 27.7 Å². The molecule has 0 aliphatic carbocycles. The minimum atomic E-state index is -3.95. The number of fused-ring (bicyclic) bond motifs is 3. The van der Waals surface area contributed by atoms with Crippen LogP contribution in [0.15, 0.2) is 71.1 Å². The molecule has 5 N–H and O–H groups in total. The van der Waals surface area contributed by atoms with Crippen LogP contribution in [0.2, 0.25) is 0 Å². The van der Waals surface area contributed by atoms with Crippen molar-refractivity contribution < 1.29 is 57.9 Å². The lowest BCUT2D eigenvalue weighted by molar-refractivity contribution is -0.143. The topological polar surface area (TPSA) is 237 Å². The summed E-state index contributed by atoms with van der Waals surface area (Å²) in [7, 11) is -3.95. The average molecular weight is 965 g/mol. The Morgan fingerprint density at radius 3 is 1.54 bits per heavy atom. The Morgan fingerprint density at radius 1 is 0.623 bits per heavy atom. The highest BCUT2D eigenvalue weighted by molar-refractivity contribution is 7.53. The van der Waals surface area contributed by atoms with Crippen LogP contribution in [-0.4, -0.2) is 47.8 Å². The van der Waals surface area contributed by atoms with Crippen LogP contribution in [0.25, 0.3) is 16.5 Å². The van der Waals surface area contributed by atoms with Gasteiger partial charge < -0.3 is 38.9 Å². The summed E-state index contributed by atoms with van der Waals surface area (Å²) < 4.78 is 39.4. The van der Waals surface area contributed by atoms with Gasteiger partial charge in [0.1, 0.15) is 48.6 Å². The number of aliphatic carboxylic acids is 2. The summed E-state index contributed by atoms with van der Waals surface area (Å²) in [6, 6.07) is 16.8. The van der Waals surface area contributed by atoms with Gasteiger partial charge in [-0.25, -0.2) is 9.36 Å². The number of ketones is 1. The molecule has 0 saturated heterocycles. The van der Waals surface area contributed by atoms with Gasteiger partial charge in [0, 0.05) is 27.3 Å². The Balaban J connectivity index is 0.000000200. The van der Waals surface area contributed by atoms with Crippen molar-refractivity contribution in [3.63, 3.8) is 0 Å². The van der Waals surface area contributed by atoms with Crippen molar-refractivity contribution in [1.29, 1.82) is 0 Å². The first-order chi connectivity index (χ1) is 32.1. The number of Topliss-reactive ketones (excluding diaryl/α,β-unsaturated/α-hetero) is 1. The second-order valence-electron chi connectivity index (χ2n) is 17.1. The van der Waals surface area contributed by atoms with Gasteiger partial charge in [-0.05, 0) is 198 Å². The fourth-order valence-corrected chi connectivity index (χ4v) is 9.08. The van der Waals surface area contributed by atoms with Gasteiger partial charge in [-0.15, -0.1) is 0 Å². The molecule has 5 aromatic carbocycles. The van der Waals surface area contributed by atoms with E-state index in [-0.39, 0.29) is 31.1 Å². The number of carbonyl (C=O) groups is 3. The van der Waals surface area contributed by atoms with Crippen molar-refractivity contribution in [3.05, 3.63) is 160 Å². The van der Waals surface area contributed by atoms with Crippen molar-refractivity contribution in [2.45, 2.75) is 95.9 Å². The van der Waals surface area contributed by atoms with Crippen LogP contribution in [0.5, 0.6) is 28.7 Å². The van der Waals surface area contributed by atoms with E-state index in [0.29, 0.717) is 29.9 Å². The Bertz CT molecular complexity index is 2840. The molecule has 0 saturated carbocycles. The molecule has 366 valence electrons. The molecule has 69 heavy (non-hydrogen) atoms. The monoisotopic (exact) mass is 964 g/mol. The number of carboxylic acids is 2. The zero-order chi connectivity index (χ0) is 50.2. The molecule has 1 atom stereocenters. The minimum absolute atomic E-state index is 0. The highest BCUT2D eigenvalue weighted by atomic mass is 31.2. The number of hydrogen-bond donors (Lipinski definition) is 2. The molecular weight excluding hydrogens is 902 g/mol. The van der Waals surface area contributed by atoms with Crippen LogP contribution in [0, 0.1) is 89.0 Å². The largest absolute Gasteiger partial charge is 0.525 e. The molecule has 0 spiro atoms. The third-order valence-electron chi connectivity index (χ3n) is 13.2. The van der Waals surface area contributed by atoms with Crippen LogP contribution in [-0.2, 0) is 37.3 Å². The highest BCUT2D eigenvalue weighted by Crippen LogP contribution is 2.50. The number of azide groups is 1. The van der Waals surface area contributed by atoms with Gasteiger partial charge in [0.15, 0.2) is 5.78 Å². The minimum Gasteiger partial charge on any atom is -0.492 e. The molecule has 0 aromatic heterocycles. The van der Waals surface area contributed by atoms with Gasteiger partial charge in [-0.1, -0.05) is 36.4 Å². The summed E-state index contributed by atoms with van der Waals surface area (Å²) in [6.07, 6.45) is 2.84. The molecule has 8 rings (SSSR count). The van der Waals surface area contributed by atoms with Crippen molar-refractivity contribution in [1.82, 2.24) is 0 Å². The molecule has 3 aliphatic heterocycles. The lowest BCUT2D eigenvalue weighted by Crippen LogP contribution is -2.29. The van der Waals surface area contributed by atoms with Crippen molar-refractivity contribution in [3.8, 4) is 28.7 Å². The van der Waals surface area contributed by atoms with E-state index in [0.717, 1.165) is 50.6 Å². The number of para-hydroxylation sites is 2. The van der Waals surface area contributed by atoms with Crippen molar-refractivity contribution in [2.75, 3.05) is 19.8 Å². The standard InChI is InChI=1S/C14H18O3.C14H16O3.C13H16O2.C12H10N3O3P.H2O/c2*1-7-8(2)10(4)13-12(9(7)3)5-11(6-17-13)14(15)16;1-7-8(2)10(4)13-12(9(7)3)5-11(14)6-15-13;13-14-15-19(16,17-11-7-3-1-4-8-11)18-12-9-5-2-6-10-12;/h11H,5-6H2,1-4H3,(H,15,16);5H,6H2,1-4H3,(H,15,16);5-6H2,1-4H3;1-10H;1H2/p+1. The quantitative estimate of drug-likeness (QED) is 0.0511. The van der Waals surface area contributed by atoms with Crippen molar-refractivity contribution in [2.24, 2.45) is 10.8 Å². The molecule has 5 aromatic rings. The third-order valence-corrected chi connectivity index (χ3v) is 14.4. The van der Waals surface area contributed by atoms with Gasteiger partial charge in [0.25, 0.3) is 0 Å². The number of carbonyl (C=O) groups excluding carboxylic acids is 1. The molecule has 3 heterocycles. The second-order valence-corrected chi connectivity index (χ2v) is 18.6. The number of hydrogen-bond acceptors (Lipinski definition) is 9. The lowest BCUT2D eigenvalue weighted by Gasteiger charge is -2.28. The van der Waals surface area contributed by atoms with Gasteiger partial charge in [-0.2, -0.15) is 0 Å². The van der Waals surface area contributed by atoms with E-state index in [9.17, 15) is 18.9 Å². The molecule has 16 heteroatoms. The Labute approximate surface area is 403 Å². The molecule has 0 radical (unpaired) electrons. The molecule has 0 bridgehead atoms. The smallest absolute Gasteiger partial charge is 0.492 e. The normalized spacial score (nSPS) is 14.0. The number of carboxylic acid groups (broad SMARTS) is 2. The SMILES string of the molecule is Cc1c(C)c(C)c2c(c1C)C=C(C(=O)O)CO2.Cc1c(C)c(C)c2c(c1C)CC(=O)CO2.Cc1c(C)c(C)c2c(c1C)CC(C(=O)O)CO2.[N-]=[N+]=NP(=O)(Oc1ccccc1)Oc1ccccc1.[OH3+]. The van der Waals surface area contributed by atoms with Crippen LogP contribution in [0.3, 0.4) is 0 Å².